The molecule has 1 aromatic rings. The highest BCUT2D eigenvalue weighted by molar-refractivity contribution is 7.81. The van der Waals surface area contributed by atoms with Crippen molar-refractivity contribution in [3.05, 3.63) is 23.8 Å². The van der Waals surface area contributed by atoms with Crippen molar-refractivity contribution in [1.29, 1.82) is 0 Å². The SMILES string of the molecule is CCCCCCCCCCCCCCCC(=O)N[C@H]1C[C@@H](O)[C@@H](O)NC(=O)[C@@H]2[C@@H](O)CCN2C(=O)[C@H]([C@H](O)CC(N)=O)NC(=O)[C@H]([C@H](O)Cc2ccc(O)c(OS(=O)(=O)O)c2)NC(=O)[C@@H]2C[C@@H](O)CN2C(=O)[C@H](CO)NC1=O. The van der Waals surface area contributed by atoms with Gasteiger partial charge in [-0.25, -0.2) is 0 Å². The van der Waals surface area contributed by atoms with Gasteiger partial charge in [-0.05, 0) is 30.5 Å². The van der Waals surface area contributed by atoms with Crippen LogP contribution >= 0.6 is 0 Å². The van der Waals surface area contributed by atoms with E-state index in [9.17, 15) is 92.2 Å². The fourth-order valence-electron chi connectivity index (χ4n) is 9.68. The molecule has 3 heterocycles. The largest absolute Gasteiger partial charge is 0.504 e. The van der Waals surface area contributed by atoms with E-state index >= 15 is 0 Å². The average molecular weight is 1130 g/mol. The molecule has 78 heavy (non-hydrogen) atoms. The Kier molecular flexibility index (Phi) is 25.8. The van der Waals surface area contributed by atoms with E-state index in [4.69, 9.17) is 5.73 Å². The number of amides is 8. The number of hydrogen-bond acceptors (Lipinski definition) is 19. The Morgan fingerprint density at radius 3 is 1.95 bits per heavy atom. The van der Waals surface area contributed by atoms with E-state index in [0.717, 1.165) is 55.2 Å². The van der Waals surface area contributed by atoms with Crippen molar-refractivity contribution in [3.63, 3.8) is 0 Å². The van der Waals surface area contributed by atoms with Gasteiger partial charge >= 0.3 is 10.4 Å². The van der Waals surface area contributed by atoms with Crippen molar-refractivity contribution < 1.29 is 96.4 Å². The normalized spacial score (nSPS) is 26.8. The molecule has 4 rings (SSSR count). The molecule has 29 heteroatoms. The van der Waals surface area contributed by atoms with Crippen LogP contribution < -0.4 is 36.5 Å². The molecule has 0 bridgehead atoms. The molecule has 28 nitrogen and oxygen atoms in total. The predicted molar refractivity (Wildman–Crippen MR) is 272 cm³/mol. The smallest absolute Gasteiger partial charge is 0.446 e. The quantitative estimate of drug-likeness (QED) is 0.0349. The van der Waals surface area contributed by atoms with Crippen molar-refractivity contribution >= 4 is 57.7 Å². The molecule has 0 radical (unpaired) electrons. The number of primary amides is 1. The Hall–Kier alpha value is -5.79. The highest BCUT2D eigenvalue weighted by Crippen LogP contribution is 2.29. The number of phenolic OH excluding ortho intramolecular Hbond substituents is 1. The summed E-state index contributed by atoms with van der Waals surface area (Å²) in [5.74, 6) is -11.5. The molecule has 3 fully saturated rings. The third kappa shape index (κ3) is 19.8. The first-order valence-electron chi connectivity index (χ1n) is 26.4. The second-order valence-corrected chi connectivity index (χ2v) is 21.2. The number of nitrogens with zero attached hydrogens (tertiary/aromatic N) is 2. The summed E-state index contributed by atoms with van der Waals surface area (Å²) in [5, 5.41) is 98.7. The summed E-state index contributed by atoms with van der Waals surface area (Å²) >= 11 is 0. The zero-order chi connectivity index (χ0) is 57.9. The van der Waals surface area contributed by atoms with Gasteiger partial charge in [0, 0.05) is 38.8 Å². The number of nitrogens with one attached hydrogen (secondary N) is 5. The molecular weight excluding hydrogens is 1050 g/mol. The van der Waals surface area contributed by atoms with E-state index in [-0.39, 0.29) is 18.4 Å². The summed E-state index contributed by atoms with van der Waals surface area (Å²) in [6.07, 6.45) is -2.14. The van der Waals surface area contributed by atoms with Crippen LogP contribution in [0.2, 0.25) is 0 Å². The number of benzene rings is 1. The molecule has 0 spiro atoms. The lowest BCUT2D eigenvalue weighted by atomic mass is 9.98. The number of aliphatic hydroxyl groups excluding tert-OH is 7. The molecule has 0 aromatic heterocycles. The molecule has 3 saturated heterocycles. The van der Waals surface area contributed by atoms with Gasteiger partial charge in [0.15, 0.2) is 17.7 Å². The summed E-state index contributed by atoms with van der Waals surface area (Å²) in [7, 11) is -5.22. The van der Waals surface area contributed by atoms with E-state index in [0.29, 0.717) is 17.7 Å². The van der Waals surface area contributed by atoms with Crippen LogP contribution in [-0.2, 0) is 55.2 Å². The summed E-state index contributed by atoms with van der Waals surface area (Å²) in [6.45, 7) is -0.0722. The average Bonchev–Trinajstić information content (AvgIpc) is 4.00. The van der Waals surface area contributed by atoms with Gasteiger partial charge in [-0.2, -0.15) is 8.42 Å². The predicted octanol–water partition coefficient (Wildman–Crippen LogP) is -3.75. The van der Waals surface area contributed by atoms with Crippen LogP contribution in [0.1, 0.15) is 128 Å². The van der Waals surface area contributed by atoms with Crippen molar-refractivity contribution in [1.82, 2.24) is 36.4 Å². The number of carbonyl (C=O) groups is 8. The lowest BCUT2D eigenvalue weighted by Crippen LogP contribution is -2.64. The van der Waals surface area contributed by atoms with Crippen molar-refractivity contribution in [2.45, 2.75) is 202 Å². The number of rotatable bonds is 24. The van der Waals surface area contributed by atoms with E-state index < -0.39 is 188 Å². The van der Waals surface area contributed by atoms with Gasteiger partial charge in [0.25, 0.3) is 0 Å². The minimum Gasteiger partial charge on any atom is -0.504 e. The van der Waals surface area contributed by atoms with Gasteiger partial charge in [0.1, 0.15) is 42.4 Å². The van der Waals surface area contributed by atoms with Crippen molar-refractivity contribution in [2.75, 3.05) is 19.7 Å². The molecule has 3 aliphatic rings. The number of phenols is 1. The Morgan fingerprint density at radius 2 is 1.36 bits per heavy atom. The van der Waals surface area contributed by atoms with E-state index in [1.165, 1.54) is 38.5 Å². The van der Waals surface area contributed by atoms with Crippen LogP contribution in [0.15, 0.2) is 18.2 Å². The second kappa shape index (κ2) is 31.1. The molecule has 8 amide bonds. The monoisotopic (exact) mass is 1130 g/mol. The fourth-order valence-corrected chi connectivity index (χ4v) is 10.0. The van der Waals surface area contributed by atoms with E-state index in [1.807, 2.05) is 5.32 Å². The number of fused-ring (bicyclic) bond motifs is 2. The number of aliphatic hydroxyl groups is 7. The molecule has 1 aromatic carbocycles. The Balaban J connectivity index is 1.67. The highest BCUT2D eigenvalue weighted by atomic mass is 32.3. The molecule has 440 valence electrons. The molecule has 0 unspecified atom stereocenters. The summed E-state index contributed by atoms with van der Waals surface area (Å²) in [5.41, 5.74) is 5.18. The zero-order valence-electron chi connectivity index (χ0n) is 43.6. The van der Waals surface area contributed by atoms with Gasteiger partial charge in [-0.15, -0.1) is 0 Å². The molecular formula is C49H78N8O20S. The number of nitrogens with two attached hydrogens (primary N) is 1. The zero-order valence-corrected chi connectivity index (χ0v) is 44.4. The topological polar surface area (TPSA) is 455 Å². The third-order valence-electron chi connectivity index (χ3n) is 13.9. The molecule has 3 aliphatic heterocycles. The Bertz CT molecular complexity index is 2330. The second-order valence-electron chi connectivity index (χ2n) is 20.1. The lowest BCUT2D eigenvalue weighted by molar-refractivity contribution is -0.148. The van der Waals surface area contributed by atoms with Crippen LogP contribution in [0.5, 0.6) is 11.5 Å². The van der Waals surface area contributed by atoms with Crippen LogP contribution in [-0.4, -0.2) is 204 Å². The number of unbranched alkanes of at least 4 members (excludes halogenated alkanes) is 12. The maximum absolute atomic E-state index is 14.4. The first-order chi connectivity index (χ1) is 36.8. The minimum absolute atomic E-state index is 0.0915. The molecule has 0 saturated carbocycles. The fraction of sp³-hybridized carbons (Fsp3) is 0.714. The van der Waals surface area contributed by atoms with Crippen LogP contribution in [0.25, 0.3) is 0 Å². The summed E-state index contributed by atoms with van der Waals surface area (Å²) in [4.78, 5) is 112. The van der Waals surface area contributed by atoms with Crippen LogP contribution in [0.3, 0.4) is 0 Å². The highest BCUT2D eigenvalue weighted by Gasteiger charge is 2.48. The number of hydrogen-bond donors (Lipinski definition) is 15. The third-order valence-corrected chi connectivity index (χ3v) is 14.2. The summed E-state index contributed by atoms with van der Waals surface area (Å²) < 4.78 is 36.5. The number of carbonyl (C=O) groups excluding carboxylic acids is 8. The van der Waals surface area contributed by atoms with Crippen molar-refractivity contribution in [3.8, 4) is 11.5 Å². The van der Waals surface area contributed by atoms with E-state index in [1.54, 1.807) is 0 Å². The first-order valence-corrected chi connectivity index (χ1v) is 27.8. The van der Waals surface area contributed by atoms with E-state index in [2.05, 4.69) is 32.4 Å². The maximum Gasteiger partial charge on any atom is 0.446 e. The lowest BCUT2D eigenvalue weighted by Gasteiger charge is -2.34. The Morgan fingerprint density at radius 1 is 0.756 bits per heavy atom. The standard InChI is InChI=1S/C49H78N8O20S/c1-2-3-4-5-6-7-8-9-10-11-12-13-14-15-39(66)51-29-23-36(64)45(69)55-47(71)42-33(61)18-19-56(42)49(73)41(35(63)24-38(50)65)54-46(70)40(34(62)20-27-16-17-32(60)37(21-27)77-78(74,75)76)53-44(68)31-22-28(59)25-57(31)48(72)30(26-58)52-43(29)67/h16-17,21,28-31,33-36,40-42,45,58-64,69H,2-15,18-20,22-26H2,1H3,(H2,50,65)(H,51,66)(H,52,67)(H,53,68)(H,54,70)(H,55,71)(H,74,75,76)/t28-,29+,30+,31+,33+,34-,35-,36-,40+,41+,42+,45-/m1/s1. The molecule has 12 atom stereocenters. The Labute approximate surface area is 451 Å². The first kappa shape index (κ1) is 64.7. The van der Waals surface area contributed by atoms with Crippen LogP contribution in [0.4, 0.5) is 0 Å². The van der Waals surface area contributed by atoms with Gasteiger partial charge in [-0.3, -0.25) is 42.9 Å². The van der Waals surface area contributed by atoms with Gasteiger partial charge in [0.05, 0.1) is 37.4 Å². The molecule has 16 N–H and O–H groups in total. The van der Waals surface area contributed by atoms with Gasteiger partial charge in [-0.1, -0.05) is 90.0 Å². The maximum atomic E-state index is 14.4. The molecule has 0 aliphatic carbocycles. The van der Waals surface area contributed by atoms with Gasteiger partial charge in [0.2, 0.25) is 47.3 Å². The summed E-state index contributed by atoms with van der Waals surface area (Å²) in [6, 6.07) is -9.20. The van der Waals surface area contributed by atoms with Crippen LogP contribution in [0, 0.1) is 0 Å². The van der Waals surface area contributed by atoms with Crippen molar-refractivity contribution in [2.24, 2.45) is 5.73 Å². The number of aromatic hydroxyl groups is 1. The van der Waals surface area contributed by atoms with Gasteiger partial charge < -0.3 is 87.2 Å². The minimum atomic E-state index is -5.22.